The van der Waals surface area contributed by atoms with Crippen LogP contribution in [0.1, 0.15) is 62.7 Å². The Balaban J connectivity index is 1.51. The van der Waals surface area contributed by atoms with Crippen LogP contribution < -0.4 is 4.90 Å². The molecule has 182 valence electrons. The van der Waals surface area contributed by atoms with Crippen molar-refractivity contribution in [3.8, 4) is 11.3 Å². The summed E-state index contributed by atoms with van der Waals surface area (Å²) in [5, 5.41) is 0. The maximum absolute atomic E-state index is 15.0. The monoisotopic (exact) mass is 482 g/mol. The van der Waals surface area contributed by atoms with Gasteiger partial charge in [-0.15, -0.1) is 0 Å². The Bertz CT molecular complexity index is 1030. The van der Waals surface area contributed by atoms with Crippen molar-refractivity contribution < 1.29 is 9.18 Å². The van der Waals surface area contributed by atoms with Crippen molar-refractivity contribution in [2.45, 2.75) is 64.5 Å². The second-order valence-corrected chi connectivity index (χ2v) is 11.4. The molecule has 1 amide bonds. The highest BCUT2D eigenvalue weighted by atomic mass is 32.2. The van der Waals surface area contributed by atoms with Crippen LogP contribution in [0, 0.1) is 17.7 Å². The van der Waals surface area contributed by atoms with Gasteiger partial charge in [0.2, 0.25) is 5.95 Å². The van der Waals surface area contributed by atoms with Gasteiger partial charge < -0.3 is 9.80 Å². The maximum Gasteiger partial charge on any atom is 0.258 e. The smallest absolute Gasteiger partial charge is 0.258 e. The number of fused-ring (bicyclic) bond motifs is 1. The van der Waals surface area contributed by atoms with Gasteiger partial charge in [-0.05, 0) is 62.8 Å². The minimum Gasteiger partial charge on any atom is -0.341 e. The summed E-state index contributed by atoms with van der Waals surface area (Å²) in [7, 11) is 0. The van der Waals surface area contributed by atoms with Crippen molar-refractivity contribution in [1.29, 1.82) is 0 Å². The van der Waals surface area contributed by atoms with Crippen LogP contribution in [0.5, 0.6) is 0 Å². The number of amides is 1. The molecule has 0 radical (unpaired) electrons. The largest absolute Gasteiger partial charge is 0.341 e. The molecule has 3 heterocycles. The minimum atomic E-state index is -0.361. The zero-order chi connectivity index (χ0) is 23.7. The highest BCUT2D eigenvalue weighted by Crippen LogP contribution is 2.37. The first kappa shape index (κ1) is 23.6. The number of benzene rings is 1. The zero-order valence-corrected chi connectivity index (χ0v) is 21.1. The van der Waals surface area contributed by atoms with Gasteiger partial charge in [0.1, 0.15) is 5.82 Å². The van der Waals surface area contributed by atoms with E-state index in [4.69, 9.17) is 4.98 Å². The molecule has 2 aliphatic heterocycles. The number of hydrogen-bond acceptors (Lipinski definition) is 5. The lowest BCUT2D eigenvalue weighted by molar-refractivity contribution is 0.0633. The van der Waals surface area contributed by atoms with Gasteiger partial charge in [0, 0.05) is 42.7 Å². The standard InChI is InChI=1S/C27H35FN4OS/c1-18(2)32(21-12-14-34-17-21)26(33)23-15-29-27(30-25(23)22-9-5-6-10-24(22)28)31-13-11-19-7-3-4-8-20(19)16-31/h5-6,9-10,15,18-21H,3-4,7-8,11-14,16-17H2,1-2H3. The van der Waals surface area contributed by atoms with E-state index in [0.29, 0.717) is 28.7 Å². The highest BCUT2D eigenvalue weighted by Gasteiger charge is 2.34. The molecule has 3 fully saturated rings. The Morgan fingerprint density at radius 1 is 1.15 bits per heavy atom. The molecular formula is C27H35FN4OS. The van der Waals surface area contributed by atoms with Crippen LogP contribution in [0.25, 0.3) is 11.3 Å². The Morgan fingerprint density at radius 2 is 1.94 bits per heavy atom. The van der Waals surface area contributed by atoms with Crippen molar-refractivity contribution in [2.75, 3.05) is 29.5 Å². The van der Waals surface area contributed by atoms with Crippen molar-refractivity contribution in [1.82, 2.24) is 14.9 Å². The van der Waals surface area contributed by atoms with Gasteiger partial charge in [-0.25, -0.2) is 14.4 Å². The Labute approximate surface area is 206 Å². The van der Waals surface area contributed by atoms with E-state index in [1.807, 2.05) is 30.5 Å². The molecule has 0 N–H and O–H groups in total. The minimum absolute atomic E-state index is 0.0506. The Kier molecular flexibility index (Phi) is 7.09. The molecule has 3 aliphatic rings. The van der Waals surface area contributed by atoms with E-state index in [2.05, 4.69) is 9.88 Å². The number of aromatic nitrogens is 2. The molecule has 1 aromatic carbocycles. The molecule has 3 atom stereocenters. The van der Waals surface area contributed by atoms with Crippen LogP contribution >= 0.6 is 11.8 Å². The molecule has 0 spiro atoms. The third kappa shape index (κ3) is 4.68. The van der Waals surface area contributed by atoms with Crippen molar-refractivity contribution in [2.24, 2.45) is 11.8 Å². The summed E-state index contributed by atoms with van der Waals surface area (Å²) < 4.78 is 15.0. The lowest BCUT2D eigenvalue weighted by atomic mass is 9.75. The predicted molar refractivity (Wildman–Crippen MR) is 137 cm³/mol. The molecule has 34 heavy (non-hydrogen) atoms. The fourth-order valence-electron chi connectivity index (χ4n) is 6.02. The second kappa shape index (κ2) is 10.2. The Hall–Kier alpha value is -2.15. The van der Waals surface area contributed by atoms with Gasteiger partial charge >= 0.3 is 0 Å². The molecule has 2 aromatic rings. The SMILES string of the molecule is CC(C)N(C(=O)c1cnc(N2CCC3CCCCC3C2)nc1-c1ccccc1F)C1CCSC1. The van der Waals surface area contributed by atoms with Gasteiger partial charge in [-0.1, -0.05) is 31.4 Å². The van der Waals surface area contributed by atoms with Crippen molar-refractivity contribution >= 4 is 23.6 Å². The summed E-state index contributed by atoms with van der Waals surface area (Å²) in [6.07, 6.45) is 9.03. The van der Waals surface area contributed by atoms with E-state index in [-0.39, 0.29) is 23.8 Å². The second-order valence-electron chi connectivity index (χ2n) is 10.3. The van der Waals surface area contributed by atoms with Crippen molar-refractivity contribution in [3.63, 3.8) is 0 Å². The summed E-state index contributed by atoms with van der Waals surface area (Å²) in [6.45, 7) is 5.97. The number of hydrogen-bond donors (Lipinski definition) is 0. The van der Waals surface area contributed by atoms with E-state index in [9.17, 15) is 9.18 Å². The third-order valence-corrected chi connectivity index (χ3v) is 8.94. The molecule has 0 bridgehead atoms. The van der Waals surface area contributed by atoms with E-state index in [1.54, 1.807) is 24.4 Å². The van der Waals surface area contributed by atoms with E-state index in [1.165, 1.54) is 31.7 Å². The molecule has 1 aliphatic carbocycles. The van der Waals surface area contributed by atoms with Gasteiger partial charge in [0.25, 0.3) is 5.91 Å². The molecule has 3 unspecified atom stereocenters. The molecule has 7 heteroatoms. The van der Waals surface area contributed by atoms with Crippen LogP contribution in [0.2, 0.25) is 0 Å². The summed E-state index contributed by atoms with van der Waals surface area (Å²) >= 11 is 1.88. The number of halogens is 1. The van der Waals surface area contributed by atoms with Gasteiger partial charge in [-0.2, -0.15) is 11.8 Å². The number of carbonyl (C=O) groups is 1. The summed E-state index contributed by atoms with van der Waals surface area (Å²) in [4.78, 5) is 27.6. The highest BCUT2D eigenvalue weighted by molar-refractivity contribution is 7.99. The lowest BCUT2D eigenvalue weighted by Crippen LogP contribution is -2.45. The van der Waals surface area contributed by atoms with Crippen LogP contribution in [-0.2, 0) is 0 Å². The van der Waals surface area contributed by atoms with Gasteiger partial charge in [0.05, 0.1) is 11.3 Å². The maximum atomic E-state index is 15.0. The quantitative estimate of drug-likeness (QED) is 0.551. The third-order valence-electron chi connectivity index (χ3n) is 7.80. The average Bonchev–Trinajstić information content (AvgIpc) is 3.38. The predicted octanol–water partition coefficient (Wildman–Crippen LogP) is 5.66. The van der Waals surface area contributed by atoms with Gasteiger partial charge in [-0.3, -0.25) is 4.79 Å². The topological polar surface area (TPSA) is 49.3 Å². The van der Waals surface area contributed by atoms with Crippen LogP contribution in [0.15, 0.2) is 30.5 Å². The fourth-order valence-corrected chi connectivity index (χ4v) is 7.23. The molecule has 5 rings (SSSR count). The average molecular weight is 483 g/mol. The number of anilines is 1. The number of nitrogens with zero attached hydrogens (tertiary/aromatic N) is 4. The molecule has 1 aromatic heterocycles. The van der Waals surface area contributed by atoms with E-state index >= 15 is 0 Å². The first-order chi connectivity index (χ1) is 16.5. The molecular weight excluding hydrogens is 447 g/mol. The van der Waals surface area contributed by atoms with Crippen LogP contribution in [0.4, 0.5) is 10.3 Å². The first-order valence-electron chi connectivity index (χ1n) is 12.8. The van der Waals surface area contributed by atoms with E-state index in [0.717, 1.165) is 43.4 Å². The number of thioether (sulfide) groups is 1. The normalized spacial score (nSPS) is 24.8. The first-order valence-corrected chi connectivity index (χ1v) is 14.0. The van der Waals surface area contributed by atoms with Crippen molar-refractivity contribution in [3.05, 3.63) is 41.8 Å². The summed E-state index contributed by atoms with van der Waals surface area (Å²) in [5.41, 5.74) is 1.17. The summed E-state index contributed by atoms with van der Waals surface area (Å²) in [6, 6.07) is 6.87. The number of carbonyl (C=O) groups excluding carboxylic acids is 1. The zero-order valence-electron chi connectivity index (χ0n) is 20.3. The molecule has 2 saturated heterocycles. The van der Waals surface area contributed by atoms with Gasteiger partial charge in [0.15, 0.2) is 0 Å². The Morgan fingerprint density at radius 3 is 2.68 bits per heavy atom. The molecule has 1 saturated carbocycles. The molecule has 5 nitrogen and oxygen atoms in total. The van der Waals surface area contributed by atoms with Crippen LogP contribution in [0.3, 0.4) is 0 Å². The fraction of sp³-hybridized carbons (Fsp3) is 0.593. The number of piperidine rings is 1. The number of rotatable bonds is 5. The summed E-state index contributed by atoms with van der Waals surface area (Å²) in [5.74, 6) is 3.65. The lowest BCUT2D eigenvalue weighted by Gasteiger charge is -2.41. The van der Waals surface area contributed by atoms with E-state index < -0.39 is 0 Å². The van der Waals surface area contributed by atoms with Crippen LogP contribution in [-0.4, -0.2) is 57.5 Å².